The molecule has 0 aliphatic rings. The first-order valence-electron chi connectivity index (χ1n) is 7.00. The minimum Gasteiger partial charge on any atom is -0.370 e. The maximum atomic E-state index is 5.70. The van der Waals surface area contributed by atoms with Crippen molar-refractivity contribution in [3.63, 3.8) is 0 Å². The predicted molar refractivity (Wildman–Crippen MR) is 82.1 cm³/mol. The van der Waals surface area contributed by atoms with Gasteiger partial charge in [0.05, 0.1) is 4.70 Å². The Balaban J connectivity index is 1.98. The molecule has 0 aliphatic carbocycles. The second-order valence-electron chi connectivity index (χ2n) is 5.11. The van der Waals surface area contributed by atoms with Crippen molar-refractivity contribution in [2.45, 2.75) is 26.9 Å². The predicted octanol–water partition coefficient (Wildman–Crippen LogP) is 4.08. The van der Waals surface area contributed by atoms with Crippen LogP contribution < -0.4 is 0 Å². The Bertz CT molecular complexity index is 735. The molecule has 0 N–H and O–H groups in total. The van der Waals surface area contributed by atoms with Gasteiger partial charge < -0.3 is 9.26 Å². The summed E-state index contributed by atoms with van der Waals surface area (Å²) >= 11 is 1.43. The van der Waals surface area contributed by atoms with Gasteiger partial charge in [-0.05, 0) is 30.4 Å². The Morgan fingerprint density at radius 2 is 2.10 bits per heavy atom. The van der Waals surface area contributed by atoms with Gasteiger partial charge in [-0.1, -0.05) is 37.2 Å². The van der Waals surface area contributed by atoms with Crippen LogP contribution in [0.4, 0.5) is 0 Å². The maximum Gasteiger partial charge on any atom is 0.278 e. The molecule has 3 aromatic rings. The van der Waals surface area contributed by atoms with Gasteiger partial charge in [0.25, 0.3) is 5.89 Å². The third-order valence-corrected chi connectivity index (χ3v) is 4.05. The molecule has 0 saturated carbocycles. The van der Waals surface area contributed by atoms with Gasteiger partial charge in [0.2, 0.25) is 5.82 Å². The molecule has 1 aromatic carbocycles. The highest BCUT2D eigenvalue weighted by atomic mass is 32.1. The molecule has 0 spiro atoms. The third-order valence-electron chi connectivity index (χ3n) is 3.23. The highest BCUT2D eigenvalue weighted by molar-refractivity contribution is 7.13. The van der Waals surface area contributed by atoms with Crippen LogP contribution >= 0.6 is 11.5 Å². The molecule has 2 heterocycles. The van der Waals surface area contributed by atoms with E-state index in [9.17, 15) is 0 Å². The minimum absolute atomic E-state index is 0.155. The van der Waals surface area contributed by atoms with Crippen molar-refractivity contribution in [1.29, 1.82) is 0 Å². The average molecular weight is 303 g/mol. The largest absolute Gasteiger partial charge is 0.370 e. The lowest BCUT2D eigenvalue weighted by molar-refractivity contribution is 0.0217. The average Bonchev–Trinajstić information content (AvgIpc) is 3.10. The summed E-state index contributed by atoms with van der Waals surface area (Å²) < 4.78 is 16.6. The molecular formula is C15H17N3O2S. The molecule has 5 nitrogen and oxygen atoms in total. The maximum absolute atomic E-state index is 5.70. The highest BCUT2D eigenvalue weighted by Crippen LogP contribution is 2.31. The van der Waals surface area contributed by atoms with Gasteiger partial charge in [0.1, 0.15) is 11.8 Å². The van der Waals surface area contributed by atoms with E-state index in [0.29, 0.717) is 18.3 Å². The molecule has 0 amide bonds. The molecule has 1 unspecified atom stereocenters. The van der Waals surface area contributed by atoms with Crippen molar-refractivity contribution in [3.05, 3.63) is 30.1 Å². The quantitative estimate of drug-likeness (QED) is 0.710. The number of ether oxygens (including phenoxy) is 1. The van der Waals surface area contributed by atoms with Gasteiger partial charge in [-0.3, -0.25) is 0 Å². The van der Waals surface area contributed by atoms with Gasteiger partial charge in [-0.2, -0.15) is 9.36 Å². The molecule has 0 saturated heterocycles. The van der Waals surface area contributed by atoms with Crippen molar-refractivity contribution < 1.29 is 9.26 Å². The number of rotatable bonds is 5. The number of fused-ring (bicyclic) bond motifs is 1. The molecule has 0 aliphatic heterocycles. The standard InChI is InChI=1S/C15H17N3O2S/c1-4-19-13(9(2)3)14-16-15(20-17-14)12-10-7-5-6-8-11(10)21-18-12/h5-9,13H,4H2,1-3H3. The number of hydrogen-bond acceptors (Lipinski definition) is 6. The van der Waals surface area contributed by atoms with Gasteiger partial charge in [-0.15, -0.1) is 0 Å². The Kier molecular flexibility index (Phi) is 3.98. The zero-order valence-corrected chi connectivity index (χ0v) is 13.1. The van der Waals surface area contributed by atoms with Crippen LogP contribution in [-0.2, 0) is 4.74 Å². The normalized spacial score (nSPS) is 13.1. The lowest BCUT2D eigenvalue weighted by atomic mass is 10.1. The first-order chi connectivity index (χ1) is 10.2. The van der Waals surface area contributed by atoms with Gasteiger partial charge in [0.15, 0.2) is 0 Å². The number of aromatic nitrogens is 3. The molecule has 2 aromatic heterocycles. The molecule has 110 valence electrons. The Hall–Kier alpha value is -1.79. The lowest BCUT2D eigenvalue weighted by Gasteiger charge is -2.16. The van der Waals surface area contributed by atoms with Gasteiger partial charge in [0, 0.05) is 12.0 Å². The number of benzene rings is 1. The van der Waals surface area contributed by atoms with Crippen LogP contribution in [0.25, 0.3) is 21.7 Å². The Labute approximate surface area is 127 Å². The van der Waals surface area contributed by atoms with Crippen molar-refractivity contribution in [1.82, 2.24) is 14.5 Å². The summed E-state index contributed by atoms with van der Waals surface area (Å²) in [5.41, 5.74) is 0.744. The van der Waals surface area contributed by atoms with E-state index in [2.05, 4.69) is 28.4 Å². The summed E-state index contributed by atoms with van der Waals surface area (Å²) in [7, 11) is 0. The van der Waals surface area contributed by atoms with Gasteiger partial charge in [-0.25, -0.2) is 0 Å². The van der Waals surface area contributed by atoms with Crippen molar-refractivity contribution >= 4 is 21.6 Å². The Morgan fingerprint density at radius 3 is 2.86 bits per heavy atom. The summed E-state index contributed by atoms with van der Waals surface area (Å²) in [6.45, 7) is 6.74. The van der Waals surface area contributed by atoms with E-state index in [4.69, 9.17) is 9.26 Å². The van der Waals surface area contributed by atoms with Crippen LogP contribution in [0.15, 0.2) is 28.8 Å². The van der Waals surface area contributed by atoms with Crippen LogP contribution in [0.5, 0.6) is 0 Å². The van der Waals surface area contributed by atoms with E-state index in [1.54, 1.807) is 0 Å². The highest BCUT2D eigenvalue weighted by Gasteiger charge is 2.24. The SMILES string of the molecule is CCOC(c1noc(-c2nsc3ccccc23)n1)C(C)C. The van der Waals surface area contributed by atoms with Crippen LogP contribution in [0.3, 0.4) is 0 Å². The molecule has 0 fully saturated rings. The van der Waals surface area contributed by atoms with Crippen molar-refractivity contribution in [3.8, 4) is 11.6 Å². The fourth-order valence-corrected chi connectivity index (χ4v) is 3.00. The van der Waals surface area contributed by atoms with E-state index >= 15 is 0 Å². The summed E-state index contributed by atoms with van der Waals surface area (Å²) in [6, 6.07) is 8.02. The van der Waals surface area contributed by atoms with Gasteiger partial charge >= 0.3 is 0 Å². The summed E-state index contributed by atoms with van der Waals surface area (Å²) in [5, 5.41) is 5.11. The van der Waals surface area contributed by atoms with E-state index in [0.717, 1.165) is 15.8 Å². The van der Waals surface area contributed by atoms with Crippen molar-refractivity contribution in [2.75, 3.05) is 6.61 Å². The number of nitrogens with zero attached hydrogens (tertiary/aromatic N) is 3. The second kappa shape index (κ2) is 5.91. The van der Waals surface area contributed by atoms with E-state index in [1.165, 1.54) is 11.5 Å². The fraction of sp³-hybridized carbons (Fsp3) is 0.400. The Morgan fingerprint density at radius 1 is 1.29 bits per heavy atom. The summed E-state index contributed by atoms with van der Waals surface area (Å²) in [4.78, 5) is 4.48. The van der Waals surface area contributed by atoms with E-state index in [1.807, 2.05) is 31.2 Å². The molecule has 1 atom stereocenters. The van der Waals surface area contributed by atoms with Crippen LogP contribution in [0.2, 0.25) is 0 Å². The third kappa shape index (κ3) is 2.69. The van der Waals surface area contributed by atoms with Crippen molar-refractivity contribution in [2.24, 2.45) is 5.92 Å². The van der Waals surface area contributed by atoms with Crippen LogP contribution in [-0.4, -0.2) is 21.1 Å². The molecule has 0 bridgehead atoms. The summed E-state index contributed by atoms with van der Waals surface area (Å²) in [5.74, 6) is 1.31. The second-order valence-corrected chi connectivity index (χ2v) is 5.91. The molecule has 3 rings (SSSR count). The summed E-state index contributed by atoms with van der Waals surface area (Å²) in [6.07, 6.45) is -0.155. The minimum atomic E-state index is -0.155. The zero-order chi connectivity index (χ0) is 14.8. The zero-order valence-electron chi connectivity index (χ0n) is 12.2. The molecule has 21 heavy (non-hydrogen) atoms. The topological polar surface area (TPSA) is 61.0 Å². The first kappa shape index (κ1) is 14.2. The first-order valence-corrected chi connectivity index (χ1v) is 7.78. The van der Waals surface area contributed by atoms with E-state index in [-0.39, 0.29) is 12.0 Å². The smallest absolute Gasteiger partial charge is 0.278 e. The number of hydrogen-bond donors (Lipinski definition) is 0. The van der Waals surface area contributed by atoms with E-state index < -0.39 is 0 Å². The monoisotopic (exact) mass is 303 g/mol. The van der Waals surface area contributed by atoms with Crippen LogP contribution in [0, 0.1) is 5.92 Å². The molecular weight excluding hydrogens is 286 g/mol. The lowest BCUT2D eigenvalue weighted by Crippen LogP contribution is -2.12. The molecule has 6 heteroatoms. The molecule has 0 radical (unpaired) electrons. The van der Waals surface area contributed by atoms with Crippen LogP contribution in [0.1, 0.15) is 32.7 Å². The fourth-order valence-electron chi connectivity index (χ4n) is 2.23.